The molecule has 0 spiro atoms. The fourth-order valence-electron chi connectivity index (χ4n) is 4.33. The lowest BCUT2D eigenvalue weighted by Crippen LogP contribution is -2.44. The number of benzene rings is 1. The maximum atomic E-state index is 12.7. The van der Waals surface area contributed by atoms with Gasteiger partial charge in [-0.2, -0.15) is 0 Å². The van der Waals surface area contributed by atoms with Crippen LogP contribution in [0.5, 0.6) is 0 Å². The van der Waals surface area contributed by atoms with Gasteiger partial charge in [-0.3, -0.25) is 14.3 Å². The number of aryl methyl sites for hydroxylation is 1. The van der Waals surface area contributed by atoms with Crippen LogP contribution in [0.15, 0.2) is 53.9 Å². The Bertz CT molecular complexity index is 1030. The molecule has 2 heterocycles. The van der Waals surface area contributed by atoms with Crippen LogP contribution in [0.2, 0.25) is 0 Å². The molecule has 32 heavy (non-hydrogen) atoms. The van der Waals surface area contributed by atoms with E-state index < -0.39 is 0 Å². The summed E-state index contributed by atoms with van der Waals surface area (Å²) in [5, 5.41) is 12.9. The first-order valence-corrected chi connectivity index (χ1v) is 12.4. The van der Waals surface area contributed by atoms with Crippen molar-refractivity contribution in [2.75, 3.05) is 5.75 Å². The van der Waals surface area contributed by atoms with Crippen LogP contribution in [0.3, 0.4) is 0 Å². The Hall–Kier alpha value is -2.67. The standard InChI is InChI=1S/C25H31N5OS/c1-4-19-8-10-21(11-9-19)30-24(20-12-14-26-15-13-20)28-29-25(30)32-16-23(31)27-22-7-5-6-17(2)18(22)3/h8-15,17-18,22H,4-7,16H2,1-3H3,(H,27,31)/t17-,18+,22+/m1/s1. The predicted octanol–water partition coefficient (Wildman–Crippen LogP) is 4.92. The molecule has 0 unspecified atom stereocenters. The van der Waals surface area contributed by atoms with Gasteiger partial charge < -0.3 is 5.32 Å². The van der Waals surface area contributed by atoms with Gasteiger partial charge in [-0.1, -0.05) is 57.5 Å². The molecule has 168 valence electrons. The lowest BCUT2D eigenvalue weighted by atomic mass is 9.78. The smallest absolute Gasteiger partial charge is 0.230 e. The van der Waals surface area contributed by atoms with Crippen molar-refractivity contribution in [2.24, 2.45) is 11.8 Å². The van der Waals surface area contributed by atoms with E-state index in [1.165, 1.54) is 30.2 Å². The molecule has 3 atom stereocenters. The number of hydrogen-bond donors (Lipinski definition) is 1. The van der Waals surface area contributed by atoms with Gasteiger partial charge in [-0.05, 0) is 54.5 Å². The molecule has 1 fully saturated rings. The lowest BCUT2D eigenvalue weighted by molar-refractivity contribution is -0.120. The zero-order chi connectivity index (χ0) is 22.5. The summed E-state index contributed by atoms with van der Waals surface area (Å²) in [5.74, 6) is 2.28. The minimum absolute atomic E-state index is 0.0577. The molecular formula is C25H31N5OS. The van der Waals surface area contributed by atoms with Crippen molar-refractivity contribution in [1.29, 1.82) is 0 Å². The number of aromatic nitrogens is 4. The summed E-state index contributed by atoms with van der Waals surface area (Å²) >= 11 is 1.43. The van der Waals surface area contributed by atoms with E-state index >= 15 is 0 Å². The highest BCUT2D eigenvalue weighted by Crippen LogP contribution is 2.30. The summed E-state index contributed by atoms with van der Waals surface area (Å²) in [7, 11) is 0. The minimum atomic E-state index is 0.0577. The van der Waals surface area contributed by atoms with Gasteiger partial charge in [0.15, 0.2) is 11.0 Å². The fourth-order valence-corrected chi connectivity index (χ4v) is 5.09. The van der Waals surface area contributed by atoms with Gasteiger partial charge in [0.25, 0.3) is 0 Å². The largest absolute Gasteiger partial charge is 0.352 e. The quantitative estimate of drug-likeness (QED) is 0.518. The second-order valence-electron chi connectivity index (χ2n) is 8.63. The SMILES string of the molecule is CCc1ccc(-n2c(SCC(=O)N[C@H]3CCC[C@@H](C)[C@@H]3C)nnc2-c2ccncc2)cc1. The second-order valence-corrected chi connectivity index (χ2v) is 9.57. The molecule has 6 nitrogen and oxygen atoms in total. The van der Waals surface area contributed by atoms with Crippen molar-refractivity contribution in [2.45, 2.75) is 57.7 Å². The zero-order valence-electron chi connectivity index (χ0n) is 19.0. The van der Waals surface area contributed by atoms with Crippen LogP contribution in [-0.4, -0.2) is 37.5 Å². The van der Waals surface area contributed by atoms with Crippen molar-refractivity contribution >= 4 is 17.7 Å². The van der Waals surface area contributed by atoms with Gasteiger partial charge in [-0.25, -0.2) is 0 Å². The maximum Gasteiger partial charge on any atom is 0.230 e. The number of amides is 1. The van der Waals surface area contributed by atoms with Gasteiger partial charge in [-0.15, -0.1) is 10.2 Å². The molecule has 0 radical (unpaired) electrons. The van der Waals surface area contributed by atoms with E-state index in [4.69, 9.17) is 0 Å². The third kappa shape index (κ3) is 5.04. The lowest BCUT2D eigenvalue weighted by Gasteiger charge is -2.34. The van der Waals surface area contributed by atoms with E-state index in [-0.39, 0.29) is 11.9 Å². The molecule has 1 aliphatic carbocycles. The van der Waals surface area contributed by atoms with E-state index in [2.05, 4.69) is 65.5 Å². The van der Waals surface area contributed by atoms with Crippen LogP contribution in [0.1, 0.15) is 45.6 Å². The molecule has 7 heteroatoms. The Morgan fingerprint density at radius 1 is 1.09 bits per heavy atom. The average molecular weight is 450 g/mol. The molecule has 1 saturated carbocycles. The normalized spacial score (nSPS) is 20.8. The molecule has 0 bridgehead atoms. The van der Waals surface area contributed by atoms with Crippen molar-refractivity contribution in [3.8, 4) is 17.1 Å². The number of thioether (sulfide) groups is 1. The summed E-state index contributed by atoms with van der Waals surface area (Å²) in [4.78, 5) is 16.9. The van der Waals surface area contributed by atoms with E-state index in [9.17, 15) is 4.79 Å². The first kappa shape index (κ1) is 22.5. The molecule has 3 aromatic rings. The average Bonchev–Trinajstić information content (AvgIpc) is 3.25. The Kier molecular flexibility index (Phi) is 7.25. The van der Waals surface area contributed by atoms with Crippen LogP contribution in [0, 0.1) is 11.8 Å². The molecule has 1 amide bonds. The monoisotopic (exact) mass is 449 g/mol. The summed E-state index contributed by atoms with van der Waals surface area (Å²) in [6, 6.07) is 12.5. The number of carbonyl (C=O) groups excluding carboxylic acids is 1. The molecular weight excluding hydrogens is 418 g/mol. The van der Waals surface area contributed by atoms with E-state index in [0.29, 0.717) is 22.7 Å². The first-order chi connectivity index (χ1) is 15.6. The van der Waals surface area contributed by atoms with Crippen LogP contribution in [0.25, 0.3) is 17.1 Å². The van der Waals surface area contributed by atoms with Gasteiger partial charge in [0.2, 0.25) is 5.91 Å². The third-order valence-electron chi connectivity index (χ3n) is 6.56. The number of nitrogens with zero attached hydrogens (tertiary/aromatic N) is 4. The molecule has 4 rings (SSSR count). The summed E-state index contributed by atoms with van der Waals surface area (Å²) in [6.45, 7) is 6.67. The first-order valence-electron chi connectivity index (χ1n) is 11.4. The number of rotatable bonds is 7. The summed E-state index contributed by atoms with van der Waals surface area (Å²) < 4.78 is 2.03. The van der Waals surface area contributed by atoms with Gasteiger partial charge in [0.05, 0.1) is 5.75 Å². The number of pyridine rings is 1. The highest BCUT2D eigenvalue weighted by molar-refractivity contribution is 7.99. The van der Waals surface area contributed by atoms with Gasteiger partial charge in [0.1, 0.15) is 0 Å². The van der Waals surface area contributed by atoms with Crippen LogP contribution in [-0.2, 0) is 11.2 Å². The van der Waals surface area contributed by atoms with Crippen molar-refractivity contribution in [3.05, 3.63) is 54.4 Å². The van der Waals surface area contributed by atoms with Crippen molar-refractivity contribution in [1.82, 2.24) is 25.1 Å². The number of carbonyl (C=O) groups is 1. The molecule has 0 saturated heterocycles. The topological polar surface area (TPSA) is 72.7 Å². The molecule has 1 aromatic carbocycles. The summed E-state index contributed by atoms with van der Waals surface area (Å²) in [6.07, 6.45) is 7.98. The third-order valence-corrected chi connectivity index (χ3v) is 7.49. The highest BCUT2D eigenvalue weighted by Gasteiger charge is 2.28. The number of hydrogen-bond acceptors (Lipinski definition) is 5. The highest BCUT2D eigenvalue weighted by atomic mass is 32.2. The van der Waals surface area contributed by atoms with Gasteiger partial charge >= 0.3 is 0 Å². The van der Waals surface area contributed by atoms with Gasteiger partial charge in [0, 0.05) is 29.7 Å². The second kappa shape index (κ2) is 10.3. The Balaban J connectivity index is 1.54. The van der Waals surface area contributed by atoms with Crippen LogP contribution < -0.4 is 5.32 Å². The maximum absolute atomic E-state index is 12.7. The van der Waals surface area contributed by atoms with Crippen molar-refractivity contribution in [3.63, 3.8) is 0 Å². The molecule has 2 aromatic heterocycles. The Labute approximate surface area is 194 Å². The van der Waals surface area contributed by atoms with E-state index in [0.717, 1.165) is 29.9 Å². The van der Waals surface area contributed by atoms with E-state index in [1.54, 1.807) is 12.4 Å². The van der Waals surface area contributed by atoms with Crippen molar-refractivity contribution < 1.29 is 4.79 Å². The predicted molar refractivity (Wildman–Crippen MR) is 129 cm³/mol. The molecule has 0 aliphatic heterocycles. The van der Waals surface area contributed by atoms with E-state index in [1.807, 2.05) is 16.7 Å². The molecule has 1 N–H and O–H groups in total. The Morgan fingerprint density at radius 2 is 1.84 bits per heavy atom. The van der Waals surface area contributed by atoms with Crippen LogP contribution >= 0.6 is 11.8 Å². The zero-order valence-corrected chi connectivity index (χ0v) is 19.8. The molecule has 1 aliphatic rings. The minimum Gasteiger partial charge on any atom is -0.352 e. The van der Waals surface area contributed by atoms with Crippen LogP contribution in [0.4, 0.5) is 0 Å². The summed E-state index contributed by atoms with van der Waals surface area (Å²) in [5.41, 5.74) is 3.20. The fraction of sp³-hybridized carbons (Fsp3) is 0.440. The number of nitrogens with one attached hydrogen (secondary N) is 1. The Morgan fingerprint density at radius 3 is 2.56 bits per heavy atom.